The molecule has 4 heteroatoms. The average molecular weight is 290 g/mol. The SMILES string of the molecule is CCCC1(C(=O)NC(C)c2cccc(O)c2)CCNCC1. The Labute approximate surface area is 126 Å². The Bertz CT molecular complexity index is 476. The fraction of sp³-hybridized carbons (Fsp3) is 0.588. The van der Waals surface area contributed by atoms with Crippen molar-refractivity contribution in [1.82, 2.24) is 10.6 Å². The monoisotopic (exact) mass is 290 g/mol. The predicted octanol–water partition coefficient (Wildman–Crippen LogP) is 2.74. The number of aromatic hydroxyl groups is 1. The molecule has 0 spiro atoms. The first-order valence-electron chi connectivity index (χ1n) is 7.88. The fourth-order valence-electron chi connectivity index (χ4n) is 3.20. The highest BCUT2D eigenvalue weighted by Crippen LogP contribution is 2.35. The first-order valence-corrected chi connectivity index (χ1v) is 7.88. The van der Waals surface area contributed by atoms with E-state index in [2.05, 4.69) is 17.6 Å². The molecule has 2 rings (SSSR count). The van der Waals surface area contributed by atoms with Gasteiger partial charge in [0.15, 0.2) is 0 Å². The summed E-state index contributed by atoms with van der Waals surface area (Å²) in [5, 5.41) is 16.0. The van der Waals surface area contributed by atoms with Gasteiger partial charge in [0.1, 0.15) is 5.75 Å². The molecule has 1 heterocycles. The number of hydrogen-bond acceptors (Lipinski definition) is 3. The van der Waals surface area contributed by atoms with Crippen LogP contribution < -0.4 is 10.6 Å². The molecule has 1 saturated heterocycles. The highest BCUT2D eigenvalue weighted by Gasteiger charge is 2.38. The third-order valence-corrected chi connectivity index (χ3v) is 4.49. The second-order valence-corrected chi connectivity index (χ2v) is 6.07. The quantitative estimate of drug-likeness (QED) is 0.781. The third-order valence-electron chi connectivity index (χ3n) is 4.49. The lowest BCUT2D eigenvalue weighted by molar-refractivity contribution is -0.133. The smallest absolute Gasteiger partial charge is 0.226 e. The summed E-state index contributed by atoms with van der Waals surface area (Å²) >= 11 is 0. The van der Waals surface area contributed by atoms with E-state index in [0.717, 1.165) is 44.3 Å². The maximum atomic E-state index is 12.8. The normalized spacial score (nSPS) is 19.0. The molecule has 1 amide bonds. The molecule has 0 bridgehead atoms. The van der Waals surface area contributed by atoms with Crippen molar-refractivity contribution in [2.75, 3.05) is 13.1 Å². The van der Waals surface area contributed by atoms with Gasteiger partial charge < -0.3 is 15.7 Å². The minimum atomic E-state index is -0.231. The van der Waals surface area contributed by atoms with E-state index in [-0.39, 0.29) is 23.1 Å². The van der Waals surface area contributed by atoms with Crippen LogP contribution in [-0.4, -0.2) is 24.1 Å². The van der Waals surface area contributed by atoms with Crippen molar-refractivity contribution in [3.05, 3.63) is 29.8 Å². The standard InChI is InChI=1S/C17H26N2O2/c1-3-7-17(8-10-18-11-9-17)16(21)19-13(2)14-5-4-6-15(20)12-14/h4-6,12-13,18,20H,3,7-11H2,1-2H3,(H,19,21). The van der Waals surface area contributed by atoms with E-state index in [1.54, 1.807) is 18.2 Å². The van der Waals surface area contributed by atoms with Crippen molar-refractivity contribution in [3.8, 4) is 5.75 Å². The van der Waals surface area contributed by atoms with Crippen LogP contribution in [0.5, 0.6) is 5.75 Å². The van der Waals surface area contributed by atoms with Crippen LogP contribution in [-0.2, 0) is 4.79 Å². The molecule has 116 valence electrons. The fourth-order valence-corrected chi connectivity index (χ4v) is 3.20. The summed E-state index contributed by atoms with van der Waals surface area (Å²) in [6.45, 7) is 5.92. The van der Waals surface area contributed by atoms with Gasteiger partial charge in [-0.2, -0.15) is 0 Å². The second-order valence-electron chi connectivity index (χ2n) is 6.07. The molecule has 0 radical (unpaired) electrons. The van der Waals surface area contributed by atoms with Gasteiger partial charge in [0, 0.05) is 0 Å². The van der Waals surface area contributed by atoms with Gasteiger partial charge in [-0.1, -0.05) is 25.5 Å². The second kappa shape index (κ2) is 6.94. The van der Waals surface area contributed by atoms with Gasteiger partial charge in [-0.3, -0.25) is 4.79 Å². The molecule has 0 saturated carbocycles. The number of carbonyl (C=O) groups excluding carboxylic acids is 1. The average Bonchev–Trinajstić information content (AvgIpc) is 2.48. The van der Waals surface area contributed by atoms with Crippen LogP contribution in [0.3, 0.4) is 0 Å². The first kappa shape index (κ1) is 15.8. The van der Waals surface area contributed by atoms with E-state index < -0.39 is 0 Å². The number of nitrogens with one attached hydrogen (secondary N) is 2. The van der Waals surface area contributed by atoms with Crippen LogP contribution in [0.25, 0.3) is 0 Å². The Kier molecular flexibility index (Phi) is 5.23. The summed E-state index contributed by atoms with van der Waals surface area (Å²) < 4.78 is 0. The minimum absolute atomic E-state index is 0.0896. The van der Waals surface area contributed by atoms with E-state index >= 15 is 0 Å². The zero-order valence-electron chi connectivity index (χ0n) is 13.0. The maximum Gasteiger partial charge on any atom is 0.226 e. The van der Waals surface area contributed by atoms with E-state index in [1.165, 1.54) is 0 Å². The lowest BCUT2D eigenvalue weighted by Crippen LogP contribution is -2.48. The molecule has 1 aromatic rings. The Hall–Kier alpha value is -1.55. The van der Waals surface area contributed by atoms with Gasteiger partial charge in [-0.05, 0) is 57.0 Å². The Morgan fingerprint density at radius 2 is 2.14 bits per heavy atom. The maximum absolute atomic E-state index is 12.8. The summed E-state index contributed by atoms with van der Waals surface area (Å²) in [4.78, 5) is 12.8. The molecular formula is C17H26N2O2. The number of piperidine rings is 1. The number of amides is 1. The molecule has 0 aliphatic carbocycles. The van der Waals surface area contributed by atoms with Crippen LogP contribution >= 0.6 is 0 Å². The number of rotatable bonds is 5. The zero-order valence-corrected chi connectivity index (χ0v) is 13.0. The van der Waals surface area contributed by atoms with Crippen LogP contribution in [0.4, 0.5) is 0 Å². The summed E-state index contributed by atoms with van der Waals surface area (Å²) in [5.74, 6) is 0.389. The number of hydrogen-bond donors (Lipinski definition) is 3. The van der Waals surface area contributed by atoms with Gasteiger partial charge in [0.25, 0.3) is 0 Å². The van der Waals surface area contributed by atoms with Crippen LogP contribution in [0.15, 0.2) is 24.3 Å². The minimum Gasteiger partial charge on any atom is -0.508 e. The summed E-state index contributed by atoms with van der Waals surface area (Å²) in [5.41, 5.74) is 0.703. The summed E-state index contributed by atoms with van der Waals surface area (Å²) in [6, 6.07) is 7.00. The molecule has 4 nitrogen and oxygen atoms in total. The van der Waals surface area contributed by atoms with Gasteiger partial charge in [-0.25, -0.2) is 0 Å². The Balaban J connectivity index is 2.07. The molecule has 3 N–H and O–H groups in total. The number of benzene rings is 1. The van der Waals surface area contributed by atoms with Crippen LogP contribution in [0.1, 0.15) is 51.1 Å². The number of carbonyl (C=O) groups is 1. The molecule has 1 atom stereocenters. The Morgan fingerprint density at radius 3 is 2.76 bits per heavy atom. The third kappa shape index (κ3) is 3.76. The largest absolute Gasteiger partial charge is 0.508 e. The van der Waals surface area contributed by atoms with Crippen molar-refractivity contribution >= 4 is 5.91 Å². The molecule has 21 heavy (non-hydrogen) atoms. The van der Waals surface area contributed by atoms with Gasteiger partial charge in [0.2, 0.25) is 5.91 Å². The van der Waals surface area contributed by atoms with Gasteiger partial charge in [0.05, 0.1) is 11.5 Å². The van der Waals surface area contributed by atoms with Crippen molar-refractivity contribution in [3.63, 3.8) is 0 Å². The summed E-state index contributed by atoms with van der Waals surface area (Å²) in [7, 11) is 0. The molecule has 1 aromatic carbocycles. The number of phenolic OH excluding ortho intramolecular Hbond substituents is 1. The zero-order chi connectivity index (χ0) is 15.3. The van der Waals surface area contributed by atoms with Crippen LogP contribution in [0.2, 0.25) is 0 Å². The van der Waals surface area contributed by atoms with E-state index in [1.807, 2.05) is 13.0 Å². The highest BCUT2D eigenvalue weighted by molar-refractivity contribution is 5.83. The molecule has 1 aliphatic rings. The highest BCUT2D eigenvalue weighted by atomic mass is 16.3. The van der Waals surface area contributed by atoms with Crippen molar-refractivity contribution in [2.45, 2.75) is 45.6 Å². The molecule has 1 aliphatic heterocycles. The van der Waals surface area contributed by atoms with Gasteiger partial charge in [-0.15, -0.1) is 0 Å². The van der Waals surface area contributed by atoms with E-state index in [4.69, 9.17) is 0 Å². The van der Waals surface area contributed by atoms with E-state index in [0.29, 0.717) is 0 Å². The lowest BCUT2D eigenvalue weighted by atomic mass is 9.74. The molecule has 0 aromatic heterocycles. The predicted molar refractivity (Wildman–Crippen MR) is 84.1 cm³/mol. The molecule has 1 unspecified atom stereocenters. The first-order chi connectivity index (χ1) is 10.1. The van der Waals surface area contributed by atoms with Crippen LogP contribution in [0, 0.1) is 5.41 Å². The van der Waals surface area contributed by atoms with Gasteiger partial charge >= 0.3 is 0 Å². The molecular weight excluding hydrogens is 264 g/mol. The van der Waals surface area contributed by atoms with Crippen molar-refractivity contribution in [2.24, 2.45) is 5.41 Å². The summed E-state index contributed by atoms with van der Waals surface area (Å²) in [6.07, 6.45) is 3.76. The Morgan fingerprint density at radius 1 is 1.43 bits per heavy atom. The van der Waals surface area contributed by atoms with E-state index in [9.17, 15) is 9.90 Å². The molecule has 1 fully saturated rings. The topological polar surface area (TPSA) is 61.4 Å². The van der Waals surface area contributed by atoms with Crippen molar-refractivity contribution < 1.29 is 9.90 Å². The number of phenols is 1. The lowest BCUT2D eigenvalue weighted by Gasteiger charge is -2.37. The van der Waals surface area contributed by atoms with Crippen molar-refractivity contribution in [1.29, 1.82) is 0 Å².